The van der Waals surface area contributed by atoms with Gasteiger partial charge in [-0.15, -0.1) is 0 Å². The van der Waals surface area contributed by atoms with Gasteiger partial charge in [-0.2, -0.15) is 0 Å². The third-order valence-electron chi connectivity index (χ3n) is 3.55. The van der Waals surface area contributed by atoms with E-state index in [1.54, 1.807) is 0 Å². The Bertz CT molecular complexity index is 685. The van der Waals surface area contributed by atoms with E-state index in [2.05, 4.69) is 11.6 Å². The van der Waals surface area contributed by atoms with E-state index >= 15 is 0 Å². The number of unbranched alkanes of at least 4 members (excludes halogenated alkanes) is 1. The van der Waals surface area contributed by atoms with Crippen molar-refractivity contribution in [3.8, 4) is 0 Å². The summed E-state index contributed by atoms with van der Waals surface area (Å²) in [5.74, 6) is 0.274. The number of rotatable bonds is 9. The second-order valence-electron chi connectivity index (χ2n) is 5.29. The molecule has 8 heteroatoms. The van der Waals surface area contributed by atoms with Crippen LogP contribution in [0.15, 0.2) is 34.1 Å². The quantitative estimate of drug-likeness (QED) is 0.710. The number of nitrogens with one attached hydrogen (secondary N) is 1. The summed E-state index contributed by atoms with van der Waals surface area (Å²) in [5, 5.41) is 5.02. The van der Waals surface area contributed by atoms with Crippen LogP contribution in [0.3, 0.4) is 0 Å². The van der Waals surface area contributed by atoms with E-state index in [0.29, 0.717) is 6.54 Å². The third kappa shape index (κ3) is 5.68. The van der Waals surface area contributed by atoms with Crippen molar-refractivity contribution < 1.29 is 16.8 Å². The molecule has 0 spiro atoms. The molecule has 0 aromatic heterocycles. The van der Waals surface area contributed by atoms with Gasteiger partial charge in [0.1, 0.15) is 0 Å². The van der Waals surface area contributed by atoms with E-state index in [-0.39, 0.29) is 15.7 Å². The molecule has 0 fully saturated rings. The highest BCUT2D eigenvalue weighted by Crippen LogP contribution is 2.16. The van der Waals surface area contributed by atoms with Crippen LogP contribution in [0.25, 0.3) is 0 Å². The Hall–Kier alpha value is -0.960. The fraction of sp³-hybridized carbons (Fsp3) is 0.571. The van der Waals surface area contributed by atoms with Crippen molar-refractivity contribution in [2.24, 2.45) is 11.1 Å². The van der Waals surface area contributed by atoms with Gasteiger partial charge in [0.2, 0.25) is 20.0 Å². The Labute approximate surface area is 133 Å². The summed E-state index contributed by atoms with van der Waals surface area (Å²) >= 11 is 0. The molecule has 0 heterocycles. The highest BCUT2D eigenvalue weighted by atomic mass is 32.2. The van der Waals surface area contributed by atoms with Crippen molar-refractivity contribution >= 4 is 20.0 Å². The van der Waals surface area contributed by atoms with Gasteiger partial charge in [-0.1, -0.05) is 39.2 Å². The van der Waals surface area contributed by atoms with Crippen molar-refractivity contribution in [2.45, 2.75) is 49.3 Å². The first-order valence-corrected chi connectivity index (χ1v) is 10.4. The van der Waals surface area contributed by atoms with Crippen LogP contribution in [0.2, 0.25) is 0 Å². The van der Waals surface area contributed by atoms with E-state index in [9.17, 15) is 16.8 Å². The number of hydrogen-bond acceptors (Lipinski definition) is 4. The molecule has 1 atom stereocenters. The zero-order valence-corrected chi connectivity index (χ0v) is 14.6. The average Bonchev–Trinajstić information content (AvgIpc) is 2.47. The lowest BCUT2D eigenvalue weighted by molar-refractivity contribution is 0.443. The van der Waals surface area contributed by atoms with E-state index in [4.69, 9.17) is 5.14 Å². The van der Waals surface area contributed by atoms with Crippen LogP contribution in [0, 0.1) is 5.92 Å². The summed E-state index contributed by atoms with van der Waals surface area (Å²) in [6, 6.07) is 5.06. The second kappa shape index (κ2) is 8.05. The molecule has 6 nitrogen and oxygen atoms in total. The molecule has 0 radical (unpaired) electrons. The Balaban J connectivity index is 2.87. The maximum absolute atomic E-state index is 12.3. The van der Waals surface area contributed by atoms with Gasteiger partial charge in [-0.05, 0) is 30.5 Å². The van der Waals surface area contributed by atoms with E-state index < -0.39 is 20.0 Å². The highest BCUT2D eigenvalue weighted by molar-refractivity contribution is 7.90. The molecule has 1 aromatic carbocycles. The molecule has 1 aromatic rings. The number of hydrogen-bond donors (Lipinski definition) is 2. The normalized spacial score (nSPS) is 14.0. The SMILES string of the molecule is CCCCC(CC)CNS(=O)(=O)c1cccc(S(N)(=O)=O)c1. The number of nitrogens with two attached hydrogens (primary N) is 1. The van der Waals surface area contributed by atoms with Crippen molar-refractivity contribution in [1.82, 2.24) is 4.72 Å². The number of primary sulfonamides is 1. The van der Waals surface area contributed by atoms with Gasteiger partial charge in [-0.25, -0.2) is 26.7 Å². The molecule has 0 saturated heterocycles. The van der Waals surface area contributed by atoms with E-state index in [0.717, 1.165) is 31.7 Å². The predicted octanol–water partition coefficient (Wildman–Crippen LogP) is 1.83. The summed E-state index contributed by atoms with van der Waals surface area (Å²) in [6.07, 6.45) is 3.98. The lowest BCUT2D eigenvalue weighted by Gasteiger charge is -2.15. The second-order valence-corrected chi connectivity index (χ2v) is 8.62. The smallest absolute Gasteiger partial charge is 0.225 e. The van der Waals surface area contributed by atoms with Gasteiger partial charge >= 0.3 is 0 Å². The summed E-state index contributed by atoms with van der Waals surface area (Å²) in [7, 11) is -7.67. The van der Waals surface area contributed by atoms with Crippen LogP contribution < -0.4 is 9.86 Å². The van der Waals surface area contributed by atoms with Crippen LogP contribution in [0.4, 0.5) is 0 Å². The first-order valence-electron chi connectivity index (χ1n) is 7.33. The first kappa shape index (κ1) is 19.1. The van der Waals surface area contributed by atoms with Crippen molar-refractivity contribution in [3.63, 3.8) is 0 Å². The van der Waals surface area contributed by atoms with E-state index in [1.807, 2.05) is 6.92 Å². The molecule has 0 aliphatic carbocycles. The van der Waals surface area contributed by atoms with Gasteiger partial charge in [0.05, 0.1) is 9.79 Å². The van der Waals surface area contributed by atoms with Crippen LogP contribution in [-0.2, 0) is 20.0 Å². The average molecular weight is 348 g/mol. The van der Waals surface area contributed by atoms with Gasteiger partial charge in [0.15, 0.2) is 0 Å². The maximum atomic E-state index is 12.3. The van der Waals surface area contributed by atoms with Crippen molar-refractivity contribution in [3.05, 3.63) is 24.3 Å². The van der Waals surface area contributed by atoms with Crippen LogP contribution in [-0.4, -0.2) is 23.4 Å². The van der Waals surface area contributed by atoms with Gasteiger partial charge in [-0.3, -0.25) is 0 Å². The Morgan fingerprint density at radius 3 is 2.32 bits per heavy atom. The summed E-state index contributed by atoms with van der Waals surface area (Å²) in [5.41, 5.74) is 0. The lowest BCUT2D eigenvalue weighted by atomic mass is 10.00. The molecule has 0 saturated carbocycles. The molecular weight excluding hydrogens is 324 g/mol. The molecule has 126 valence electrons. The summed E-state index contributed by atoms with van der Waals surface area (Å²) in [6.45, 7) is 4.46. The van der Waals surface area contributed by atoms with Gasteiger partial charge < -0.3 is 0 Å². The molecule has 0 bridgehead atoms. The van der Waals surface area contributed by atoms with Crippen molar-refractivity contribution in [2.75, 3.05) is 6.54 Å². The summed E-state index contributed by atoms with van der Waals surface area (Å²) < 4.78 is 49.7. The molecule has 0 aliphatic heterocycles. The summed E-state index contributed by atoms with van der Waals surface area (Å²) in [4.78, 5) is -0.308. The van der Waals surface area contributed by atoms with Crippen LogP contribution >= 0.6 is 0 Å². The first-order chi connectivity index (χ1) is 10.2. The molecule has 3 N–H and O–H groups in total. The Morgan fingerprint density at radius 1 is 1.14 bits per heavy atom. The maximum Gasteiger partial charge on any atom is 0.240 e. The molecular formula is C14H24N2O4S2. The third-order valence-corrected chi connectivity index (χ3v) is 5.88. The molecule has 1 rings (SSSR count). The molecule has 0 amide bonds. The predicted molar refractivity (Wildman–Crippen MR) is 86.3 cm³/mol. The zero-order chi connectivity index (χ0) is 16.8. The van der Waals surface area contributed by atoms with Gasteiger partial charge in [0, 0.05) is 6.54 Å². The number of sulfonamides is 2. The minimum Gasteiger partial charge on any atom is -0.225 e. The zero-order valence-electron chi connectivity index (χ0n) is 12.9. The fourth-order valence-corrected chi connectivity index (χ4v) is 3.87. The lowest BCUT2D eigenvalue weighted by Crippen LogP contribution is -2.29. The monoisotopic (exact) mass is 348 g/mol. The Kier molecular flexibility index (Phi) is 6.98. The van der Waals surface area contributed by atoms with Crippen LogP contribution in [0.1, 0.15) is 39.5 Å². The standard InChI is InChI=1S/C14H24N2O4S2/c1-3-5-7-12(4-2)11-16-22(19,20)14-9-6-8-13(10-14)21(15,17)18/h6,8-10,12,16H,3-5,7,11H2,1-2H3,(H2,15,17,18). The molecule has 1 unspecified atom stereocenters. The minimum atomic E-state index is -3.93. The Morgan fingerprint density at radius 2 is 1.77 bits per heavy atom. The minimum absolute atomic E-state index is 0.0932. The van der Waals surface area contributed by atoms with E-state index in [1.165, 1.54) is 18.2 Å². The highest BCUT2D eigenvalue weighted by Gasteiger charge is 2.18. The molecule has 22 heavy (non-hydrogen) atoms. The molecule has 0 aliphatic rings. The topological polar surface area (TPSA) is 106 Å². The van der Waals surface area contributed by atoms with Gasteiger partial charge in [0.25, 0.3) is 0 Å². The largest absolute Gasteiger partial charge is 0.240 e. The van der Waals surface area contributed by atoms with Crippen LogP contribution in [0.5, 0.6) is 0 Å². The fourth-order valence-electron chi connectivity index (χ4n) is 2.07. The number of benzene rings is 1. The van der Waals surface area contributed by atoms with Crippen molar-refractivity contribution in [1.29, 1.82) is 0 Å².